The Morgan fingerprint density at radius 2 is 1.88 bits per heavy atom. The molecule has 0 aliphatic carbocycles. The maximum atomic E-state index is 6.10. The van der Waals surface area contributed by atoms with E-state index in [1.54, 1.807) is 0 Å². The summed E-state index contributed by atoms with van der Waals surface area (Å²) in [5.74, 6) is 0.828. The van der Waals surface area contributed by atoms with Crippen LogP contribution in [0.1, 0.15) is 6.92 Å². The fraction of sp³-hybridized carbons (Fsp3) is 0.316. The smallest absolute Gasteiger partial charge is 0.149 e. The number of imidazole rings is 1. The van der Waals surface area contributed by atoms with Crippen molar-refractivity contribution in [1.29, 1.82) is 0 Å². The molecule has 0 spiro atoms. The summed E-state index contributed by atoms with van der Waals surface area (Å²) < 4.78 is 13.5. The highest BCUT2D eigenvalue weighted by Crippen LogP contribution is 2.24. The van der Waals surface area contributed by atoms with Crippen LogP contribution in [0.25, 0.3) is 16.7 Å². The Labute approximate surface area is 146 Å². The zero-order chi connectivity index (χ0) is 17.2. The number of morpholine rings is 1. The Morgan fingerprint density at radius 3 is 2.64 bits per heavy atom. The first kappa shape index (κ1) is 15.9. The van der Waals surface area contributed by atoms with Gasteiger partial charge < -0.3 is 15.2 Å². The van der Waals surface area contributed by atoms with Gasteiger partial charge in [0.15, 0.2) is 0 Å². The number of nitrogen functional groups attached to an aromatic ring is 1. The molecule has 1 fully saturated rings. The molecule has 4 rings (SSSR count). The third-order valence-corrected chi connectivity index (χ3v) is 4.56. The van der Waals surface area contributed by atoms with Crippen molar-refractivity contribution in [1.82, 2.24) is 14.5 Å². The van der Waals surface area contributed by atoms with E-state index in [0.29, 0.717) is 0 Å². The van der Waals surface area contributed by atoms with E-state index in [0.717, 1.165) is 54.5 Å². The lowest BCUT2D eigenvalue weighted by atomic mass is 10.2. The van der Waals surface area contributed by atoms with Crippen molar-refractivity contribution in [3.05, 3.63) is 48.8 Å². The summed E-state index contributed by atoms with van der Waals surface area (Å²) in [4.78, 5) is 6.79. The van der Waals surface area contributed by atoms with Crippen LogP contribution in [0.4, 0.5) is 5.69 Å². The molecule has 25 heavy (non-hydrogen) atoms. The number of benzene rings is 2. The van der Waals surface area contributed by atoms with Crippen molar-refractivity contribution in [3.8, 4) is 11.4 Å². The Hall–Kier alpha value is -2.57. The second-order valence-electron chi connectivity index (χ2n) is 6.22. The molecule has 6 heteroatoms. The van der Waals surface area contributed by atoms with Crippen LogP contribution in [-0.4, -0.2) is 47.0 Å². The molecular weight excluding hydrogens is 316 g/mol. The molecule has 1 atom stereocenters. The number of aromatic nitrogens is 2. The van der Waals surface area contributed by atoms with E-state index < -0.39 is 0 Å². The van der Waals surface area contributed by atoms with Crippen molar-refractivity contribution in [2.45, 2.75) is 13.2 Å². The van der Waals surface area contributed by atoms with Crippen molar-refractivity contribution < 1.29 is 9.47 Å². The average Bonchev–Trinajstić information content (AvgIpc) is 3.06. The third kappa shape index (κ3) is 3.31. The van der Waals surface area contributed by atoms with Crippen LogP contribution >= 0.6 is 0 Å². The summed E-state index contributed by atoms with van der Waals surface area (Å²) in [6, 6.07) is 13.8. The third-order valence-electron chi connectivity index (χ3n) is 4.56. The van der Waals surface area contributed by atoms with Crippen molar-refractivity contribution in [2.75, 3.05) is 32.0 Å². The minimum absolute atomic E-state index is 0.0144. The van der Waals surface area contributed by atoms with Crippen LogP contribution in [0.15, 0.2) is 48.8 Å². The molecule has 0 saturated carbocycles. The van der Waals surface area contributed by atoms with Gasteiger partial charge in [0.05, 0.1) is 24.2 Å². The Balaban J connectivity index is 1.56. The number of nitrogens with two attached hydrogens (primary N) is 1. The van der Waals surface area contributed by atoms with E-state index in [1.165, 1.54) is 0 Å². The van der Waals surface area contributed by atoms with E-state index in [-0.39, 0.29) is 6.23 Å². The lowest BCUT2D eigenvalue weighted by molar-refractivity contribution is -0.0372. The van der Waals surface area contributed by atoms with Gasteiger partial charge in [-0.2, -0.15) is 0 Å². The Bertz CT molecular complexity index is 853. The molecule has 1 aromatic heterocycles. The van der Waals surface area contributed by atoms with Gasteiger partial charge in [-0.25, -0.2) is 4.98 Å². The van der Waals surface area contributed by atoms with E-state index in [1.807, 2.05) is 53.4 Å². The molecule has 1 unspecified atom stereocenters. The minimum atomic E-state index is 0.0144. The second kappa shape index (κ2) is 6.74. The number of hydrogen-bond acceptors (Lipinski definition) is 5. The number of ether oxygens (including phenoxy) is 2. The summed E-state index contributed by atoms with van der Waals surface area (Å²) in [7, 11) is 0. The van der Waals surface area contributed by atoms with Crippen LogP contribution in [-0.2, 0) is 4.74 Å². The fourth-order valence-electron chi connectivity index (χ4n) is 3.12. The average molecular weight is 338 g/mol. The van der Waals surface area contributed by atoms with Gasteiger partial charge in [0.2, 0.25) is 0 Å². The molecule has 1 aliphatic heterocycles. The molecule has 1 aliphatic rings. The van der Waals surface area contributed by atoms with Crippen molar-refractivity contribution >= 4 is 16.7 Å². The first-order valence-electron chi connectivity index (χ1n) is 8.52. The molecule has 0 amide bonds. The number of anilines is 1. The summed E-state index contributed by atoms with van der Waals surface area (Å²) >= 11 is 0. The summed E-state index contributed by atoms with van der Waals surface area (Å²) in [5, 5.41) is 0. The number of fused-ring (bicyclic) bond motifs is 1. The van der Waals surface area contributed by atoms with Gasteiger partial charge in [-0.1, -0.05) is 0 Å². The molecule has 1 saturated heterocycles. The molecule has 2 heterocycles. The molecule has 2 N–H and O–H groups in total. The van der Waals surface area contributed by atoms with Crippen molar-refractivity contribution in [3.63, 3.8) is 0 Å². The van der Waals surface area contributed by atoms with Gasteiger partial charge in [0, 0.05) is 30.5 Å². The highest BCUT2D eigenvalue weighted by atomic mass is 16.5. The van der Waals surface area contributed by atoms with Crippen LogP contribution in [0.2, 0.25) is 0 Å². The van der Waals surface area contributed by atoms with E-state index in [2.05, 4.69) is 16.8 Å². The predicted molar refractivity (Wildman–Crippen MR) is 98.0 cm³/mol. The SMILES string of the molecule is CC(Oc1ccc2c(c1)ncn2-c1ccc(N)cc1)N1CCOCC1. The molecule has 130 valence electrons. The van der Waals surface area contributed by atoms with Crippen LogP contribution < -0.4 is 10.5 Å². The highest BCUT2D eigenvalue weighted by Gasteiger charge is 2.18. The van der Waals surface area contributed by atoms with Gasteiger partial charge in [-0.3, -0.25) is 9.47 Å². The maximum absolute atomic E-state index is 6.10. The van der Waals surface area contributed by atoms with Crippen LogP contribution in [0.3, 0.4) is 0 Å². The van der Waals surface area contributed by atoms with Gasteiger partial charge in [-0.15, -0.1) is 0 Å². The summed E-state index contributed by atoms with van der Waals surface area (Å²) in [6.07, 6.45) is 1.84. The van der Waals surface area contributed by atoms with Gasteiger partial charge in [-0.05, 0) is 43.3 Å². The molecule has 2 aromatic carbocycles. The van der Waals surface area contributed by atoms with Crippen LogP contribution in [0, 0.1) is 0 Å². The van der Waals surface area contributed by atoms with Crippen LogP contribution in [0.5, 0.6) is 5.75 Å². The first-order chi connectivity index (χ1) is 12.2. The molecule has 0 bridgehead atoms. The second-order valence-corrected chi connectivity index (χ2v) is 6.22. The van der Waals surface area contributed by atoms with E-state index in [4.69, 9.17) is 15.2 Å². The molecular formula is C19H22N4O2. The topological polar surface area (TPSA) is 65.5 Å². The number of rotatable bonds is 4. The van der Waals surface area contributed by atoms with Gasteiger partial charge in [0.25, 0.3) is 0 Å². The monoisotopic (exact) mass is 338 g/mol. The zero-order valence-electron chi connectivity index (χ0n) is 14.3. The Morgan fingerprint density at radius 1 is 1.12 bits per heavy atom. The summed E-state index contributed by atoms with van der Waals surface area (Å²) in [6.45, 7) is 5.39. The fourth-order valence-corrected chi connectivity index (χ4v) is 3.12. The Kier molecular flexibility index (Phi) is 4.29. The predicted octanol–water partition coefficient (Wildman–Crippen LogP) is 2.66. The molecule has 0 radical (unpaired) electrons. The molecule has 6 nitrogen and oxygen atoms in total. The quantitative estimate of drug-likeness (QED) is 0.741. The number of nitrogens with zero attached hydrogens (tertiary/aromatic N) is 3. The maximum Gasteiger partial charge on any atom is 0.149 e. The highest BCUT2D eigenvalue weighted by molar-refractivity contribution is 5.79. The zero-order valence-corrected chi connectivity index (χ0v) is 14.3. The standard InChI is InChI=1S/C19H22N4O2/c1-14(22-8-10-24-11-9-22)25-17-6-7-19-18(12-17)21-13-23(19)16-4-2-15(20)3-5-16/h2-7,12-14H,8-11,20H2,1H3. The van der Waals surface area contributed by atoms with Gasteiger partial charge >= 0.3 is 0 Å². The largest absolute Gasteiger partial charge is 0.475 e. The van der Waals surface area contributed by atoms with E-state index in [9.17, 15) is 0 Å². The number of hydrogen-bond donors (Lipinski definition) is 1. The lowest BCUT2D eigenvalue weighted by Gasteiger charge is -2.32. The summed E-state index contributed by atoms with van der Waals surface area (Å²) in [5.41, 5.74) is 9.50. The van der Waals surface area contributed by atoms with Crippen molar-refractivity contribution in [2.24, 2.45) is 0 Å². The first-order valence-corrected chi connectivity index (χ1v) is 8.52. The van der Waals surface area contributed by atoms with E-state index >= 15 is 0 Å². The van der Waals surface area contributed by atoms with Gasteiger partial charge in [0.1, 0.15) is 18.3 Å². The minimum Gasteiger partial charge on any atom is -0.475 e. The normalized spacial score (nSPS) is 16.8. The molecule has 3 aromatic rings. The lowest BCUT2D eigenvalue weighted by Crippen LogP contribution is -2.44.